The number of nitrogens with zero attached hydrogens (tertiary/aromatic N) is 4. The number of hydrogen-bond donors (Lipinski definition) is 0. The summed E-state index contributed by atoms with van der Waals surface area (Å²) >= 11 is 0. The SMILES string of the molecule is CC(C)N(c1ccc(N2C(=O)c3ccc4c5ccc6c7c(ccc(c8ccc(c3c48)C2=O)c75)C(=O)N(c2ccc(N(C(C)C)C(C)C)cc2)C6=O)cc1)C(C)C. The molecule has 8 nitrogen and oxygen atoms in total. The average Bonchev–Trinajstić information content (AvgIpc) is 3.16. The molecule has 8 heteroatoms. The Bertz CT molecular complexity index is 2470. The van der Waals surface area contributed by atoms with Gasteiger partial charge in [-0.15, -0.1) is 0 Å². The van der Waals surface area contributed by atoms with Gasteiger partial charge in [0.2, 0.25) is 0 Å². The molecule has 280 valence electrons. The molecule has 9 rings (SSSR count). The molecule has 0 atom stereocenters. The van der Waals surface area contributed by atoms with Gasteiger partial charge in [-0.1, -0.05) is 24.3 Å². The molecular weight excluding hydrogens is 697 g/mol. The van der Waals surface area contributed by atoms with E-state index in [9.17, 15) is 19.2 Å². The van der Waals surface area contributed by atoms with Crippen LogP contribution in [0.25, 0.3) is 43.1 Å². The second kappa shape index (κ2) is 12.6. The number of carbonyl (C=O) groups is 4. The molecule has 7 aromatic rings. The maximum absolute atomic E-state index is 14.3. The van der Waals surface area contributed by atoms with E-state index < -0.39 is 0 Å². The van der Waals surface area contributed by atoms with Crippen LogP contribution in [0, 0.1) is 0 Å². The van der Waals surface area contributed by atoms with E-state index in [4.69, 9.17) is 0 Å². The summed E-state index contributed by atoms with van der Waals surface area (Å²) in [5.41, 5.74) is 4.93. The van der Waals surface area contributed by atoms with Gasteiger partial charge in [0.05, 0.1) is 11.4 Å². The number of hydrogen-bond acceptors (Lipinski definition) is 6. The van der Waals surface area contributed by atoms with Crippen molar-refractivity contribution in [3.63, 3.8) is 0 Å². The van der Waals surface area contributed by atoms with E-state index in [-0.39, 0.29) is 47.8 Å². The predicted octanol–water partition coefficient (Wildman–Crippen LogP) is 10.6. The molecule has 56 heavy (non-hydrogen) atoms. The predicted molar refractivity (Wildman–Crippen MR) is 228 cm³/mol. The summed E-state index contributed by atoms with van der Waals surface area (Å²) in [5.74, 6) is -1.48. The van der Waals surface area contributed by atoms with Gasteiger partial charge in [-0.05, 0) is 161 Å². The zero-order chi connectivity index (χ0) is 39.5. The van der Waals surface area contributed by atoms with Crippen molar-refractivity contribution < 1.29 is 19.2 Å². The third-order valence-electron chi connectivity index (χ3n) is 11.7. The summed E-state index contributed by atoms with van der Waals surface area (Å²) in [6.45, 7) is 17.2. The minimum absolute atomic E-state index is 0.284. The Morgan fingerprint density at radius 3 is 0.821 bits per heavy atom. The van der Waals surface area contributed by atoms with Gasteiger partial charge in [-0.2, -0.15) is 0 Å². The molecule has 4 amide bonds. The van der Waals surface area contributed by atoms with Gasteiger partial charge in [-0.3, -0.25) is 19.2 Å². The van der Waals surface area contributed by atoms with Crippen molar-refractivity contribution >= 4 is 89.5 Å². The van der Waals surface area contributed by atoms with Crippen molar-refractivity contribution in [3.8, 4) is 0 Å². The molecule has 0 spiro atoms. The van der Waals surface area contributed by atoms with E-state index >= 15 is 0 Å². The average molecular weight is 741 g/mol. The van der Waals surface area contributed by atoms with E-state index in [1.807, 2.05) is 97.1 Å². The van der Waals surface area contributed by atoms with Crippen molar-refractivity contribution in [3.05, 3.63) is 119 Å². The van der Waals surface area contributed by atoms with Crippen LogP contribution in [0.4, 0.5) is 22.7 Å². The van der Waals surface area contributed by atoms with Crippen molar-refractivity contribution in [2.24, 2.45) is 0 Å². The topological polar surface area (TPSA) is 81.2 Å². The standard InChI is InChI=1S/C48H44N4O4/c1-25(2)49(26(3)4)29-9-13-31(14-10-29)51-45(53)37-21-17-33-35-19-23-39-44-40(24-20-36(42(35)44)34-18-22-38(46(51)54)43(37)41(33)34)48(56)52(47(39)55)32-15-11-30(12-16-32)50(27(5)6)28(7)8/h9-28H,1-8H3. The lowest BCUT2D eigenvalue weighted by molar-refractivity contribution is 0.0877. The number of anilines is 4. The van der Waals surface area contributed by atoms with Crippen LogP contribution in [0.1, 0.15) is 96.8 Å². The van der Waals surface area contributed by atoms with Gasteiger partial charge < -0.3 is 9.80 Å². The van der Waals surface area contributed by atoms with Gasteiger partial charge in [0.1, 0.15) is 0 Å². The lowest BCUT2D eigenvalue weighted by Crippen LogP contribution is -2.41. The molecule has 0 bridgehead atoms. The minimum atomic E-state index is -0.370. The van der Waals surface area contributed by atoms with Crippen LogP contribution in [0.2, 0.25) is 0 Å². The Labute approximate surface area is 326 Å². The Hall–Kier alpha value is -6.28. The smallest absolute Gasteiger partial charge is 0.265 e. The lowest BCUT2D eigenvalue weighted by Gasteiger charge is -2.34. The van der Waals surface area contributed by atoms with Crippen LogP contribution in [0.15, 0.2) is 97.1 Å². The van der Waals surface area contributed by atoms with Crippen LogP contribution in [-0.2, 0) is 0 Å². The van der Waals surface area contributed by atoms with Crippen molar-refractivity contribution in [2.45, 2.75) is 79.6 Å². The van der Waals surface area contributed by atoms with Gasteiger partial charge in [0, 0.05) is 68.6 Å². The maximum atomic E-state index is 14.3. The number of benzene rings is 7. The number of amides is 4. The van der Waals surface area contributed by atoms with Crippen LogP contribution in [-0.4, -0.2) is 47.8 Å². The Morgan fingerprint density at radius 2 is 0.589 bits per heavy atom. The molecule has 0 radical (unpaired) electrons. The number of imide groups is 2. The van der Waals surface area contributed by atoms with Gasteiger partial charge in [-0.25, -0.2) is 9.80 Å². The van der Waals surface area contributed by atoms with E-state index in [1.165, 1.54) is 9.80 Å². The fraction of sp³-hybridized carbons (Fsp3) is 0.250. The van der Waals surface area contributed by atoms with E-state index in [0.29, 0.717) is 44.4 Å². The Balaban J connectivity index is 1.15. The highest BCUT2D eigenvalue weighted by Crippen LogP contribution is 2.47. The highest BCUT2D eigenvalue weighted by atomic mass is 16.2. The second-order valence-electron chi connectivity index (χ2n) is 16.3. The number of rotatable bonds is 8. The van der Waals surface area contributed by atoms with Gasteiger partial charge >= 0.3 is 0 Å². The molecule has 0 aromatic heterocycles. The molecule has 2 heterocycles. The first kappa shape index (κ1) is 35.4. The molecule has 2 aliphatic rings. The van der Waals surface area contributed by atoms with Crippen LogP contribution in [0.5, 0.6) is 0 Å². The van der Waals surface area contributed by atoms with Crippen molar-refractivity contribution in [1.82, 2.24) is 0 Å². The molecule has 0 unspecified atom stereocenters. The van der Waals surface area contributed by atoms with E-state index in [0.717, 1.165) is 43.7 Å². The quantitative estimate of drug-likeness (QED) is 0.0877. The molecule has 0 fully saturated rings. The molecular formula is C48H44N4O4. The third kappa shape index (κ3) is 4.91. The highest BCUT2D eigenvalue weighted by molar-refractivity contribution is 6.45. The summed E-state index contributed by atoms with van der Waals surface area (Å²) in [6.07, 6.45) is 0. The highest BCUT2D eigenvalue weighted by Gasteiger charge is 2.38. The summed E-state index contributed by atoms with van der Waals surface area (Å²) in [4.78, 5) is 64.3. The lowest BCUT2D eigenvalue weighted by atomic mass is 9.82. The minimum Gasteiger partial charge on any atom is -0.367 e. The molecule has 0 saturated heterocycles. The fourth-order valence-electron chi connectivity index (χ4n) is 9.67. The summed E-state index contributed by atoms with van der Waals surface area (Å²) in [6, 6.07) is 31.4. The summed E-state index contributed by atoms with van der Waals surface area (Å²) in [5, 5.41) is 6.33. The van der Waals surface area contributed by atoms with Crippen LogP contribution >= 0.6 is 0 Å². The first-order valence-electron chi connectivity index (χ1n) is 19.5. The van der Waals surface area contributed by atoms with Crippen molar-refractivity contribution in [2.75, 3.05) is 19.6 Å². The third-order valence-corrected chi connectivity index (χ3v) is 11.7. The van der Waals surface area contributed by atoms with E-state index in [1.54, 1.807) is 0 Å². The molecule has 2 aliphatic heterocycles. The Morgan fingerprint density at radius 1 is 0.339 bits per heavy atom. The van der Waals surface area contributed by atoms with Crippen LogP contribution in [0.3, 0.4) is 0 Å². The monoisotopic (exact) mass is 740 g/mol. The Kier molecular flexibility index (Phi) is 7.99. The largest absolute Gasteiger partial charge is 0.367 e. The first-order chi connectivity index (χ1) is 26.8. The second-order valence-corrected chi connectivity index (χ2v) is 16.3. The van der Waals surface area contributed by atoms with Crippen molar-refractivity contribution in [1.29, 1.82) is 0 Å². The normalized spacial score (nSPS) is 14.4. The summed E-state index contributed by atoms with van der Waals surface area (Å²) in [7, 11) is 0. The zero-order valence-corrected chi connectivity index (χ0v) is 33.0. The summed E-state index contributed by atoms with van der Waals surface area (Å²) < 4.78 is 0. The fourth-order valence-corrected chi connectivity index (χ4v) is 9.67. The zero-order valence-electron chi connectivity index (χ0n) is 33.0. The molecule has 7 aromatic carbocycles. The molecule has 0 aliphatic carbocycles. The number of fused-ring (bicyclic) bond motifs is 2. The first-order valence-corrected chi connectivity index (χ1v) is 19.5. The maximum Gasteiger partial charge on any atom is 0.265 e. The van der Waals surface area contributed by atoms with Gasteiger partial charge in [0.15, 0.2) is 0 Å². The van der Waals surface area contributed by atoms with E-state index in [2.05, 4.69) is 65.2 Å². The molecule has 0 saturated carbocycles. The van der Waals surface area contributed by atoms with Gasteiger partial charge in [0.25, 0.3) is 23.6 Å². The molecule has 0 N–H and O–H groups in total. The number of carbonyl (C=O) groups excluding carboxylic acids is 4. The van der Waals surface area contributed by atoms with Crippen LogP contribution < -0.4 is 19.6 Å².